The Hall–Kier alpha value is -3.66. The number of rotatable bonds is 6. The highest BCUT2D eigenvalue weighted by Crippen LogP contribution is 2.31. The maximum absolute atomic E-state index is 12.9. The lowest BCUT2D eigenvalue weighted by Crippen LogP contribution is -2.47. The van der Waals surface area contributed by atoms with Crippen molar-refractivity contribution in [3.05, 3.63) is 63.7 Å². The fraction of sp³-hybridized carbons (Fsp3) is 0.417. The van der Waals surface area contributed by atoms with Crippen LogP contribution in [-0.4, -0.2) is 56.7 Å². The molecule has 1 aliphatic carbocycles. The number of para-hydroxylation sites is 1. The van der Waals surface area contributed by atoms with Crippen LogP contribution in [0.2, 0.25) is 0 Å². The standard InChI is InChI=1S/C24H30N8O2/c25-20-8-11-31(23(33)27-20)19-6-2-5-18(22(19)32-12-9-21(26)28-24(32)34)30-15-13-29(14-16-30)10-7-17-3-1-4-17/h2,5-6,8-9,11-12,17H,1,3-4,7,10,13-16H2,(H2,25,27,33)(H2,26,28,34). The SMILES string of the molecule is Nc1ccn(-c2cccc(N3CCN(CCC4CCC4)CC3)c2-n2ccc(N)nc2=O)c(=O)n1. The third-order valence-corrected chi connectivity index (χ3v) is 6.94. The van der Waals surface area contributed by atoms with Gasteiger partial charge in [-0.05, 0) is 43.1 Å². The van der Waals surface area contributed by atoms with Gasteiger partial charge in [0.2, 0.25) is 0 Å². The van der Waals surface area contributed by atoms with Crippen molar-refractivity contribution >= 4 is 17.3 Å². The van der Waals surface area contributed by atoms with Crippen molar-refractivity contribution in [2.24, 2.45) is 5.92 Å². The first-order chi connectivity index (χ1) is 16.5. The molecular formula is C24H30N8O2. The molecule has 1 aliphatic heterocycles. The fourth-order valence-electron chi connectivity index (χ4n) is 4.76. The van der Waals surface area contributed by atoms with E-state index in [1.807, 2.05) is 12.1 Å². The minimum atomic E-state index is -0.518. The Kier molecular flexibility index (Phi) is 6.06. The molecule has 10 heteroatoms. The third kappa shape index (κ3) is 4.41. The Morgan fingerprint density at radius 1 is 0.824 bits per heavy atom. The maximum atomic E-state index is 12.9. The van der Waals surface area contributed by atoms with Gasteiger partial charge in [-0.2, -0.15) is 9.97 Å². The first kappa shape index (κ1) is 22.1. The molecule has 0 bridgehead atoms. The van der Waals surface area contributed by atoms with Gasteiger partial charge in [-0.25, -0.2) is 9.59 Å². The zero-order chi connectivity index (χ0) is 23.7. The Bertz CT molecular complexity index is 1290. The highest BCUT2D eigenvalue weighted by molar-refractivity contribution is 5.72. The fourth-order valence-corrected chi connectivity index (χ4v) is 4.76. The summed E-state index contributed by atoms with van der Waals surface area (Å²) in [4.78, 5) is 38.1. The largest absolute Gasteiger partial charge is 0.383 e. The van der Waals surface area contributed by atoms with E-state index < -0.39 is 11.4 Å². The summed E-state index contributed by atoms with van der Waals surface area (Å²) in [7, 11) is 0. The van der Waals surface area contributed by atoms with Crippen molar-refractivity contribution in [1.82, 2.24) is 24.0 Å². The van der Waals surface area contributed by atoms with Gasteiger partial charge in [0.25, 0.3) is 0 Å². The van der Waals surface area contributed by atoms with Gasteiger partial charge in [0.05, 0.1) is 17.1 Å². The van der Waals surface area contributed by atoms with Gasteiger partial charge < -0.3 is 16.4 Å². The predicted molar refractivity (Wildman–Crippen MR) is 133 cm³/mol. The highest BCUT2D eigenvalue weighted by Gasteiger charge is 2.24. The van der Waals surface area contributed by atoms with Crippen molar-refractivity contribution in [1.29, 1.82) is 0 Å². The molecule has 34 heavy (non-hydrogen) atoms. The number of nitrogens with two attached hydrogens (primary N) is 2. The number of hydrogen-bond acceptors (Lipinski definition) is 8. The normalized spacial score (nSPS) is 17.0. The zero-order valence-electron chi connectivity index (χ0n) is 19.1. The first-order valence-electron chi connectivity index (χ1n) is 11.8. The first-order valence-corrected chi connectivity index (χ1v) is 11.8. The second kappa shape index (κ2) is 9.30. The van der Waals surface area contributed by atoms with E-state index in [2.05, 4.69) is 19.8 Å². The van der Waals surface area contributed by atoms with Gasteiger partial charge in [-0.3, -0.25) is 14.0 Å². The van der Waals surface area contributed by atoms with Crippen LogP contribution in [-0.2, 0) is 0 Å². The van der Waals surface area contributed by atoms with Crippen molar-refractivity contribution < 1.29 is 0 Å². The van der Waals surface area contributed by atoms with E-state index >= 15 is 0 Å². The molecule has 3 heterocycles. The molecule has 3 aromatic rings. The molecule has 0 amide bonds. The molecule has 1 saturated carbocycles. The van der Waals surface area contributed by atoms with Crippen LogP contribution in [0.4, 0.5) is 17.3 Å². The monoisotopic (exact) mass is 462 g/mol. The molecule has 4 N–H and O–H groups in total. The van der Waals surface area contributed by atoms with E-state index in [1.165, 1.54) is 34.8 Å². The summed E-state index contributed by atoms with van der Waals surface area (Å²) in [5.41, 5.74) is 12.3. The van der Waals surface area contributed by atoms with Crippen LogP contribution in [0, 0.1) is 5.92 Å². The molecule has 2 fully saturated rings. The highest BCUT2D eigenvalue weighted by atomic mass is 16.1. The predicted octanol–water partition coefficient (Wildman–Crippen LogP) is 1.26. The van der Waals surface area contributed by atoms with Gasteiger partial charge in [0.1, 0.15) is 11.6 Å². The number of anilines is 3. The van der Waals surface area contributed by atoms with Crippen molar-refractivity contribution in [3.8, 4) is 11.4 Å². The number of benzene rings is 1. The van der Waals surface area contributed by atoms with Gasteiger partial charge in [0.15, 0.2) is 0 Å². The molecule has 10 nitrogen and oxygen atoms in total. The molecule has 1 saturated heterocycles. The quantitative estimate of drug-likeness (QED) is 0.560. The third-order valence-electron chi connectivity index (χ3n) is 6.94. The van der Waals surface area contributed by atoms with E-state index in [0.29, 0.717) is 11.4 Å². The molecule has 2 aliphatic rings. The maximum Gasteiger partial charge on any atom is 0.354 e. The summed E-state index contributed by atoms with van der Waals surface area (Å²) >= 11 is 0. The molecule has 0 spiro atoms. The Morgan fingerprint density at radius 3 is 2.03 bits per heavy atom. The summed E-state index contributed by atoms with van der Waals surface area (Å²) in [5.74, 6) is 1.19. The molecule has 0 unspecified atom stereocenters. The minimum absolute atomic E-state index is 0.142. The summed E-state index contributed by atoms with van der Waals surface area (Å²) in [6.45, 7) is 4.70. The summed E-state index contributed by atoms with van der Waals surface area (Å²) in [5, 5.41) is 0. The van der Waals surface area contributed by atoms with Gasteiger partial charge in [0, 0.05) is 38.6 Å². The lowest BCUT2D eigenvalue weighted by molar-refractivity contribution is 0.205. The number of hydrogen-bond donors (Lipinski definition) is 2. The second-order valence-electron chi connectivity index (χ2n) is 9.07. The molecule has 0 radical (unpaired) electrons. The van der Waals surface area contributed by atoms with Gasteiger partial charge >= 0.3 is 11.4 Å². The zero-order valence-corrected chi connectivity index (χ0v) is 19.1. The number of piperazine rings is 1. The van der Waals surface area contributed by atoms with E-state index in [1.54, 1.807) is 30.6 Å². The number of aromatic nitrogens is 4. The van der Waals surface area contributed by atoms with Crippen LogP contribution in [0.5, 0.6) is 0 Å². The molecule has 2 aromatic heterocycles. The van der Waals surface area contributed by atoms with Crippen LogP contribution in [0.15, 0.2) is 52.3 Å². The van der Waals surface area contributed by atoms with E-state index in [-0.39, 0.29) is 11.6 Å². The lowest BCUT2D eigenvalue weighted by Gasteiger charge is -2.38. The van der Waals surface area contributed by atoms with Crippen LogP contribution in [0.1, 0.15) is 25.7 Å². The number of nitrogen functional groups attached to an aromatic ring is 2. The Labute approximate surface area is 197 Å². The summed E-state index contributed by atoms with van der Waals surface area (Å²) in [6.07, 6.45) is 8.57. The molecule has 0 atom stereocenters. The van der Waals surface area contributed by atoms with Gasteiger partial charge in [-0.1, -0.05) is 25.3 Å². The minimum Gasteiger partial charge on any atom is -0.383 e. The average Bonchev–Trinajstić information content (AvgIpc) is 2.78. The Morgan fingerprint density at radius 2 is 1.44 bits per heavy atom. The van der Waals surface area contributed by atoms with Crippen LogP contribution < -0.4 is 27.7 Å². The summed E-state index contributed by atoms with van der Waals surface area (Å²) in [6, 6.07) is 8.78. The van der Waals surface area contributed by atoms with Crippen LogP contribution >= 0.6 is 0 Å². The van der Waals surface area contributed by atoms with Crippen molar-refractivity contribution in [3.63, 3.8) is 0 Å². The van der Waals surface area contributed by atoms with Crippen molar-refractivity contribution in [2.45, 2.75) is 25.7 Å². The smallest absolute Gasteiger partial charge is 0.354 e. The molecule has 1 aromatic carbocycles. The summed E-state index contributed by atoms with van der Waals surface area (Å²) < 4.78 is 2.83. The van der Waals surface area contributed by atoms with Crippen LogP contribution in [0.25, 0.3) is 11.4 Å². The van der Waals surface area contributed by atoms with Crippen molar-refractivity contribution in [2.75, 3.05) is 49.1 Å². The molecular weight excluding hydrogens is 432 g/mol. The Balaban J connectivity index is 1.51. The topological polar surface area (TPSA) is 128 Å². The molecule has 178 valence electrons. The van der Waals surface area contributed by atoms with E-state index in [0.717, 1.165) is 44.3 Å². The van der Waals surface area contributed by atoms with E-state index in [9.17, 15) is 9.59 Å². The number of nitrogens with zero attached hydrogens (tertiary/aromatic N) is 6. The second-order valence-corrected chi connectivity index (χ2v) is 9.07. The van der Waals surface area contributed by atoms with Crippen LogP contribution in [0.3, 0.4) is 0 Å². The lowest BCUT2D eigenvalue weighted by atomic mass is 9.83. The van der Waals surface area contributed by atoms with Gasteiger partial charge in [-0.15, -0.1) is 0 Å². The van der Waals surface area contributed by atoms with E-state index in [4.69, 9.17) is 11.5 Å². The molecule has 5 rings (SSSR count). The average molecular weight is 463 g/mol.